The van der Waals surface area contributed by atoms with Crippen molar-refractivity contribution < 1.29 is 19.1 Å². The first-order valence-electron chi connectivity index (χ1n) is 8.63. The number of ether oxygens (including phenoxy) is 2. The minimum absolute atomic E-state index is 0.0311. The summed E-state index contributed by atoms with van der Waals surface area (Å²) in [7, 11) is 0. The third-order valence-corrected chi connectivity index (χ3v) is 4.40. The zero-order valence-electron chi connectivity index (χ0n) is 14.6. The number of carbonyl (C=O) groups is 2. The number of benzene rings is 1. The molecule has 1 aliphatic carbocycles. The molecule has 1 aromatic carbocycles. The van der Waals surface area contributed by atoms with Crippen LogP contribution in [-0.4, -0.2) is 41.6 Å². The summed E-state index contributed by atoms with van der Waals surface area (Å²) in [5, 5.41) is 0. The Labute approximate surface area is 142 Å². The van der Waals surface area contributed by atoms with E-state index in [1.165, 1.54) is 0 Å². The van der Waals surface area contributed by atoms with Gasteiger partial charge < -0.3 is 14.4 Å². The van der Waals surface area contributed by atoms with Crippen LogP contribution in [0.1, 0.15) is 56.0 Å². The van der Waals surface area contributed by atoms with Crippen LogP contribution in [0.4, 0.5) is 4.79 Å². The minimum Gasteiger partial charge on any atom is -0.490 e. The van der Waals surface area contributed by atoms with E-state index in [1.54, 1.807) is 4.90 Å². The Morgan fingerprint density at radius 1 is 1.17 bits per heavy atom. The number of likely N-dealkylation sites (tertiary alicyclic amines) is 1. The fourth-order valence-corrected chi connectivity index (χ4v) is 3.24. The van der Waals surface area contributed by atoms with Crippen molar-refractivity contribution in [3.05, 3.63) is 29.3 Å². The lowest BCUT2D eigenvalue weighted by atomic mass is 10.1. The van der Waals surface area contributed by atoms with Gasteiger partial charge >= 0.3 is 6.09 Å². The SMILES string of the molecule is CC(C)(C)OC(=O)N1CCC(Oc2cccc3c2C(=O)CC3)CC1. The Bertz CT molecular complexity index is 639. The van der Waals surface area contributed by atoms with Gasteiger partial charge in [-0.05, 0) is 38.8 Å². The zero-order valence-corrected chi connectivity index (χ0v) is 14.6. The minimum atomic E-state index is -0.477. The van der Waals surface area contributed by atoms with E-state index in [4.69, 9.17) is 9.47 Å². The number of aryl methyl sites for hydroxylation is 1. The number of hydrogen-bond donors (Lipinski definition) is 0. The molecule has 1 aliphatic heterocycles. The molecule has 0 atom stereocenters. The van der Waals surface area contributed by atoms with Crippen LogP contribution >= 0.6 is 0 Å². The van der Waals surface area contributed by atoms with E-state index in [0.717, 1.165) is 30.4 Å². The summed E-state index contributed by atoms with van der Waals surface area (Å²) >= 11 is 0. The molecule has 1 heterocycles. The quantitative estimate of drug-likeness (QED) is 0.831. The van der Waals surface area contributed by atoms with Crippen LogP contribution < -0.4 is 4.74 Å². The molecule has 1 aromatic rings. The molecule has 0 N–H and O–H groups in total. The van der Waals surface area contributed by atoms with Crippen molar-refractivity contribution in [2.24, 2.45) is 0 Å². The Hall–Kier alpha value is -2.04. The molecule has 0 radical (unpaired) electrons. The fourth-order valence-electron chi connectivity index (χ4n) is 3.24. The van der Waals surface area contributed by atoms with E-state index < -0.39 is 5.60 Å². The second-order valence-corrected chi connectivity index (χ2v) is 7.50. The summed E-state index contributed by atoms with van der Waals surface area (Å²) in [5.74, 6) is 0.873. The summed E-state index contributed by atoms with van der Waals surface area (Å²) in [6, 6.07) is 5.82. The second kappa shape index (κ2) is 6.46. The first-order valence-corrected chi connectivity index (χ1v) is 8.63. The number of piperidine rings is 1. The van der Waals surface area contributed by atoms with Crippen molar-refractivity contribution in [3.8, 4) is 5.75 Å². The van der Waals surface area contributed by atoms with Gasteiger partial charge in [0.1, 0.15) is 17.5 Å². The van der Waals surface area contributed by atoms with Crippen LogP contribution in [0.25, 0.3) is 0 Å². The van der Waals surface area contributed by atoms with Gasteiger partial charge in [0.15, 0.2) is 5.78 Å². The molecule has 5 nitrogen and oxygen atoms in total. The van der Waals surface area contributed by atoms with Crippen LogP contribution in [0.2, 0.25) is 0 Å². The maximum absolute atomic E-state index is 12.1. The number of nitrogens with zero attached hydrogens (tertiary/aromatic N) is 1. The molecule has 0 bridgehead atoms. The van der Waals surface area contributed by atoms with E-state index in [-0.39, 0.29) is 18.0 Å². The average molecular weight is 331 g/mol. The topological polar surface area (TPSA) is 55.8 Å². The zero-order chi connectivity index (χ0) is 17.3. The first-order chi connectivity index (χ1) is 11.3. The fraction of sp³-hybridized carbons (Fsp3) is 0.579. The molecular weight excluding hydrogens is 306 g/mol. The largest absolute Gasteiger partial charge is 0.490 e. The van der Waals surface area contributed by atoms with Crippen molar-refractivity contribution in [1.82, 2.24) is 4.90 Å². The molecule has 2 aliphatic rings. The molecule has 0 saturated carbocycles. The lowest BCUT2D eigenvalue weighted by Gasteiger charge is -2.33. The summed E-state index contributed by atoms with van der Waals surface area (Å²) in [6.07, 6.45) is 2.64. The third-order valence-electron chi connectivity index (χ3n) is 4.40. The van der Waals surface area contributed by atoms with Gasteiger partial charge in [-0.1, -0.05) is 12.1 Å². The van der Waals surface area contributed by atoms with Gasteiger partial charge in [0.05, 0.1) is 5.56 Å². The maximum atomic E-state index is 12.1. The molecule has 5 heteroatoms. The monoisotopic (exact) mass is 331 g/mol. The number of amides is 1. The van der Waals surface area contributed by atoms with Gasteiger partial charge in [0.2, 0.25) is 0 Å². The van der Waals surface area contributed by atoms with E-state index >= 15 is 0 Å². The first kappa shape index (κ1) is 16.8. The standard InChI is InChI=1S/C19H25NO4/c1-19(2,3)24-18(22)20-11-9-14(10-12-20)23-16-6-4-5-13-7-8-15(21)17(13)16/h4-6,14H,7-12H2,1-3H3. The third kappa shape index (κ3) is 3.71. The molecule has 130 valence electrons. The Morgan fingerprint density at radius 3 is 2.54 bits per heavy atom. The van der Waals surface area contributed by atoms with Gasteiger partial charge in [-0.15, -0.1) is 0 Å². The summed E-state index contributed by atoms with van der Waals surface area (Å²) in [5.41, 5.74) is 1.37. The van der Waals surface area contributed by atoms with Gasteiger partial charge in [0, 0.05) is 32.4 Å². The summed E-state index contributed by atoms with van der Waals surface area (Å²) in [6.45, 7) is 6.83. The van der Waals surface area contributed by atoms with Crippen molar-refractivity contribution in [2.75, 3.05) is 13.1 Å². The predicted molar refractivity (Wildman–Crippen MR) is 90.6 cm³/mol. The molecular formula is C19H25NO4. The Kier molecular flexibility index (Phi) is 4.52. The molecule has 1 saturated heterocycles. The highest BCUT2D eigenvalue weighted by Gasteiger charge is 2.29. The van der Waals surface area contributed by atoms with E-state index in [2.05, 4.69) is 0 Å². The highest BCUT2D eigenvalue weighted by molar-refractivity contribution is 6.02. The summed E-state index contributed by atoms with van der Waals surface area (Å²) < 4.78 is 11.5. The molecule has 0 aromatic heterocycles. The van der Waals surface area contributed by atoms with Crippen LogP contribution in [-0.2, 0) is 11.2 Å². The normalized spacial score (nSPS) is 18.5. The van der Waals surface area contributed by atoms with E-state index in [0.29, 0.717) is 25.3 Å². The highest BCUT2D eigenvalue weighted by Crippen LogP contribution is 2.32. The van der Waals surface area contributed by atoms with Crippen molar-refractivity contribution in [2.45, 2.75) is 58.2 Å². The van der Waals surface area contributed by atoms with Gasteiger partial charge in [0.25, 0.3) is 0 Å². The van der Waals surface area contributed by atoms with Crippen molar-refractivity contribution in [3.63, 3.8) is 0 Å². The predicted octanol–water partition coefficient (Wildman–Crippen LogP) is 3.59. The smallest absolute Gasteiger partial charge is 0.410 e. The van der Waals surface area contributed by atoms with E-state index in [1.807, 2.05) is 39.0 Å². The number of ketones is 1. The van der Waals surface area contributed by atoms with Crippen LogP contribution in [0.3, 0.4) is 0 Å². The summed E-state index contributed by atoms with van der Waals surface area (Å²) in [4.78, 5) is 25.9. The number of rotatable bonds is 2. The number of carbonyl (C=O) groups excluding carboxylic acids is 2. The molecule has 1 amide bonds. The molecule has 0 unspecified atom stereocenters. The van der Waals surface area contributed by atoms with Gasteiger partial charge in [-0.2, -0.15) is 0 Å². The lowest BCUT2D eigenvalue weighted by molar-refractivity contribution is 0.0126. The average Bonchev–Trinajstić information content (AvgIpc) is 2.89. The maximum Gasteiger partial charge on any atom is 0.410 e. The van der Waals surface area contributed by atoms with Crippen molar-refractivity contribution >= 4 is 11.9 Å². The lowest BCUT2D eigenvalue weighted by Crippen LogP contribution is -2.44. The number of fused-ring (bicyclic) bond motifs is 1. The van der Waals surface area contributed by atoms with Crippen molar-refractivity contribution in [1.29, 1.82) is 0 Å². The molecule has 0 spiro atoms. The number of Topliss-reactive ketones (excluding diaryl/α,β-unsaturated/α-hetero) is 1. The molecule has 24 heavy (non-hydrogen) atoms. The van der Waals surface area contributed by atoms with Crippen LogP contribution in [0.5, 0.6) is 5.75 Å². The Morgan fingerprint density at radius 2 is 1.88 bits per heavy atom. The molecule has 1 fully saturated rings. The second-order valence-electron chi connectivity index (χ2n) is 7.50. The van der Waals surface area contributed by atoms with E-state index in [9.17, 15) is 9.59 Å². The van der Waals surface area contributed by atoms with Gasteiger partial charge in [-0.25, -0.2) is 4.79 Å². The Balaban J connectivity index is 1.58. The van der Waals surface area contributed by atoms with Gasteiger partial charge in [-0.3, -0.25) is 4.79 Å². The highest BCUT2D eigenvalue weighted by atomic mass is 16.6. The van der Waals surface area contributed by atoms with Crippen LogP contribution in [0, 0.1) is 0 Å². The van der Waals surface area contributed by atoms with Crippen LogP contribution in [0.15, 0.2) is 18.2 Å². The number of hydrogen-bond acceptors (Lipinski definition) is 4. The molecule has 3 rings (SSSR count).